The van der Waals surface area contributed by atoms with E-state index in [1.165, 1.54) is 28.3 Å². The Hall–Kier alpha value is -8.15. The van der Waals surface area contributed by atoms with Crippen LogP contribution in [0, 0.1) is 27.1 Å². The van der Waals surface area contributed by atoms with E-state index >= 15 is 0 Å². The van der Waals surface area contributed by atoms with Crippen LogP contribution in [0.15, 0.2) is 74.4 Å². The second-order valence-corrected chi connectivity index (χ2v) is 27.5. The Morgan fingerprint density at radius 3 is 1.26 bits per heavy atom. The molecule has 2 fully saturated rings. The molecule has 1 aromatic carbocycles. The van der Waals surface area contributed by atoms with Gasteiger partial charge in [-0.3, -0.25) is 24.0 Å². The van der Waals surface area contributed by atoms with Gasteiger partial charge in [0.05, 0.1) is 97.8 Å². The van der Waals surface area contributed by atoms with Crippen LogP contribution in [-0.4, -0.2) is 273 Å². The molecule has 2 aliphatic rings. The molecular formula is C83H136O32. The Bertz CT molecular complexity index is 3090. The number of hydrogen-bond acceptors (Lipinski definition) is 30. The molecule has 0 amide bonds. The van der Waals surface area contributed by atoms with Crippen LogP contribution in [0.3, 0.4) is 0 Å². The van der Waals surface area contributed by atoms with E-state index in [4.69, 9.17) is 85.3 Å². The highest BCUT2D eigenvalue weighted by molar-refractivity contribution is 6.11. The third kappa shape index (κ3) is 45.8. The predicted octanol–water partition coefficient (Wildman–Crippen LogP) is 10.6. The maximum Gasteiger partial charge on any atom is 0.339 e. The molecule has 115 heavy (non-hydrogen) atoms. The number of carbonyl (C=O) groups excluding carboxylic acids is 9. The van der Waals surface area contributed by atoms with Gasteiger partial charge in [-0.05, 0) is 105 Å². The zero-order valence-corrected chi connectivity index (χ0v) is 72.2. The molecule has 1 aromatic rings. The summed E-state index contributed by atoms with van der Waals surface area (Å²) in [5, 5.41) is 28.8. The van der Waals surface area contributed by atoms with Crippen LogP contribution in [0.5, 0.6) is 0 Å². The first kappa shape index (κ1) is 113. The van der Waals surface area contributed by atoms with Crippen molar-refractivity contribution < 1.29 is 153 Å². The van der Waals surface area contributed by atoms with E-state index in [2.05, 4.69) is 39.8 Å². The molecule has 660 valence electrons. The van der Waals surface area contributed by atoms with E-state index in [1.807, 2.05) is 62.3 Å². The van der Waals surface area contributed by atoms with Crippen molar-refractivity contribution in [2.45, 2.75) is 179 Å². The molecule has 0 spiro atoms. The number of methoxy groups -OCH3 is 7. The largest absolute Gasteiger partial charge is 0.478 e. The summed E-state index contributed by atoms with van der Waals surface area (Å²) in [6.07, 6.45) is 8.80. The minimum atomic E-state index is -1.64. The highest BCUT2D eigenvalue weighted by Gasteiger charge is 2.43. The van der Waals surface area contributed by atoms with Gasteiger partial charge in [0.2, 0.25) is 0 Å². The van der Waals surface area contributed by atoms with Crippen LogP contribution in [0.2, 0.25) is 0 Å². The highest BCUT2D eigenvalue weighted by atomic mass is 16.6. The van der Waals surface area contributed by atoms with Gasteiger partial charge in [0.15, 0.2) is 5.78 Å². The summed E-state index contributed by atoms with van der Waals surface area (Å²) < 4.78 is 90.3. The normalized spacial score (nSPS) is 14.4. The van der Waals surface area contributed by atoms with Crippen LogP contribution >= 0.6 is 0 Å². The molecule has 6 unspecified atom stereocenters. The Morgan fingerprint density at radius 1 is 0.496 bits per heavy atom. The molecule has 0 aliphatic carbocycles. The number of aliphatic hydroxyl groups excluding tert-OH is 1. The lowest BCUT2D eigenvalue weighted by Crippen LogP contribution is -2.47. The number of carbonyl (C=O) groups is 11. The van der Waals surface area contributed by atoms with Crippen LogP contribution < -0.4 is 0 Å². The van der Waals surface area contributed by atoms with Gasteiger partial charge in [-0.25, -0.2) is 28.8 Å². The molecule has 3 N–H and O–H groups in total. The average molecular weight is 1650 g/mol. The quantitative estimate of drug-likeness (QED) is 0.0104. The highest BCUT2D eigenvalue weighted by Crippen LogP contribution is 2.35. The molecule has 0 aromatic heterocycles. The number of benzene rings is 1. The summed E-state index contributed by atoms with van der Waals surface area (Å²) >= 11 is 0. The molecule has 2 aliphatic heterocycles. The number of Topliss-reactive ketones (excluding diaryl/α,β-unsaturated/α-hetero) is 1. The lowest BCUT2D eigenvalue weighted by Gasteiger charge is -2.40. The first-order valence-corrected chi connectivity index (χ1v) is 37.8. The third-order valence-corrected chi connectivity index (χ3v) is 18.7. The summed E-state index contributed by atoms with van der Waals surface area (Å²) in [7, 11) is 10.7. The second kappa shape index (κ2) is 63.1. The van der Waals surface area contributed by atoms with Gasteiger partial charge in [0, 0.05) is 72.6 Å². The number of aromatic carboxylic acids is 2. The SMILES string of the molecule is C=C(C)C(=O)OCC(COC)OC.C=C(C)C(=O)OCC(O)COC(=O)C(CC)(COC)COC(=O)c1cc(C(C)=O)c(C(=O)O)cc1C(=O)O.C=CC(=O)OCC(COC)OC.C=CCOC(=O)C(C)(CC)CC.C=CCOCC(COC)OC.CCC(C)(CC)C(=O)OCC1CO1.CCC1(COC(=O)C(C)(CC)CC)COC1. The Kier molecular flexibility index (Phi) is 62.1. The maximum absolute atomic E-state index is 12.9. The Balaban J connectivity index is -0.000000672. The number of aliphatic hydroxyl groups is 1. The summed E-state index contributed by atoms with van der Waals surface area (Å²) in [6, 6.07) is 1.49. The van der Waals surface area contributed by atoms with Crippen molar-refractivity contribution in [1.82, 2.24) is 0 Å². The molecular weight excluding hydrogens is 1510 g/mol. The number of epoxide rings is 1. The lowest BCUT2D eigenvalue weighted by molar-refractivity contribution is -0.179. The van der Waals surface area contributed by atoms with Crippen molar-refractivity contribution in [3.63, 3.8) is 0 Å². The number of carboxylic acids is 2. The molecule has 2 heterocycles. The van der Waals surface area contributed by atoms with Crippen molar-refractivity contribution in [2.75, 3.05) is 162 Å². The Morgan fingerprint density at radius 2 is 0.904 bits per heavy atom. The van der Waals surface area contributed by atoms with Gasteiger partial charge in [-0.1, -0.05) is 93.9 Å². The van der Waals surface area contributed by atoms with E-state index < -0.39 is 101 Å². The topological polar surface area (TPSA) is 418 Å². The fourth-order valence-corrected chi connectivity index (χ4v) is 8.67. The minimum Gasteiger partial charge on any atom is -0.478 e. The summed E-state index contributed by atoms with van der Waals surface area (Å²) in [4.78, 5) is 129. The lowest BCUT2D eigenvalue weighted by atomic mass is 9.83. The smallest absolute Gasteiger partial charge is 0.339 e. The monoisotopic (exact) mass is 1640 g/mol. The zero-order chi connectivity index (χ0) is 89.1. The molecule has 32 heteroatoms. The minimum absolute atomic E-state index is 0.0239. The van der Waals surface area contributed by atoms with Crippen LogP contribution in [0.25, 0.3) is 0 Å². The second-order valence-electron chi connectivity index (χ2n) is 27.5. The first-order chi connectivity index (χ1) is 54.1. The van der Waals surface area contributed by atoms with Crippen molar-refractivity contribution in [1.29, 1.82) is 0 Å². The van der Waals surface area contributed by atoms with E-state index in [0.29, 0.717) is 64.5 Å². The average Bonchev–Trinajstić information content (AvgIpc) is 1.02. The van der Waals surface area contributed by atoms with Gasteiger partial charge in [0.1, 0.15) is 88.8 Å². The first-order valence-electron chi connectivity index (χ1n) is 37.8. The van der Waals surface area contributed by atoms with Crippen LogP contribution in [-0.2, 0) is 119 Å². The molecule has 0 bridgehead atoms. The maximum atomic E-state index is 12.9. The molecule has 0 saturated carbocycles. The molecule has 6 atom stereocenters. The summed E-state index contributed by atoms with van der Waals surface area (Å²) in [5.41, 5.74) is -4.27. The number of ether oxygens (including phenoxy) is 18. The fraction of sp³-hybridized carbons (Fsp3) is 0.675. The predicted molar refractivity (Wildman–Crippen MR) is 426 cm³/mol. The van der Waals surface area contributed by atoms with Crippen molar-refractivity contribution in [3.05, 3.63) is 96.7 Å². The van der Waals surface area contributed by atoms with Gasteiger partial charge in [0.25, 0.3) is 0 Å². The number of ketones is 1. The fourth-order valence-electron chi connectivity index (χ4n) is 8.67. The number of carboxylic acid groups (broad SMARTS) is 2. The Labute approximate surface area is 680 Å². The van der Waals surface area contributed by atoms with Crippen molar-refractivity contribution >= 4 is 65.5 Å². The summed E-state index contributed by atoms with van der Waals surface area (Å²) in [5.74, 6) is -7.97. The van der Waals surface area contributed by atoms with Gasteiger partial charge < -0.3 is 101 Å². The van der Waals surface area contributed by atoms with E-state index in [0.717, 1.165) is 83.8 Å². The number of esters is 8. The standard InChI is InChI=1S/C25H30O13.C13H24O3.C10H18O3.C10H18O2.C9H16O4.C8H14O4.C8H16O3/c1-6-25(11-35-5,24(34)37-10-15(27)9-36-22(32)13(2)3)12-38-23(33)19-7-16(14(4)26)17(20(28)29)8-18(19)21(30)31;1-5-12(4,6-2)11(14)16-10-13(7-3)8-15-9-13;1-4-10(3,5-2)9(11)13-7-8-6-12-8;1-5-8-12-9(11)10(4,6-2)7-3;1-7(2)9(10)13-6-8(12-4)5-11-3;1-4-8(9)12-6-7(11-3)5-10-2;1-4-5-11-7-8(10-3)6-9-2/h7-8,15,27H,2,6,9-12H2,1,3-5H3,(H,28,29)(H,30,31);5-10H2,1-4H3;8H,4-7H2,1-3H3;5H,1,6-8H2,2-4H3;8H,1,5-6H2,2-4H3;4,7H,1,5-6H2,2-3H3;4,8H,1,5-7H2,2-3H3. The van der Waals surface area contributed by atoms with Crippen LogP contribution in [0.4, 0.5) is 0 Å². The molecule has 0 radical (unpaired) electrons. The molecule has 2 saturated heterocycles. The van der Waals surface area contributed by atoms with E-state index in [1.54, 1.807) is 54.4 Å². The molecule has 32 nitrogen and oxygen atoms in total. The number of rotatable bonds is 50. The van der Waals surface area contributed by atoms with Gasteiger partial charge in [-0.2, -0.15) is 0 Å². The van der Waals surface area contributed by atoms with Crippen LogP contribution in [0.1, 0.15) is 190 Å². The molecule has 3 rings (SSSR count). The van der Waals surface area contributed by atoms with Gasteiger partial charge in [-0.15, -0.1) is 6.58 Å². The zero-order valence-electron chi connectivity index (χ0n) is 72.2. The van der Waals surface area contributed by atoms with Crippen molar-refractivity contribution in [3.8, 4) is 0 Å². The van der Waals surface area contributed by atoms with Gasteiger partial charge >= 0.3 is 59.7 Å². The van der Waals surface area contributed by atoms with Crippen molar-refractivity contribution in [2.24, 2.45) is 27.1 Å². The number of hydrogen-bond donors (Lipinski definition) is 3. The third-order valence-electron chi connectivity index (χ3n) is 18.7. The van der Waals surface area contributed by atoms with E-state index in [-0.39, 0.29) is 95.8 Å². The van der Waals surface area contributed by atoms with E-state index in [9.17, 15) is 68.1 Å². The summed E-state index contributed by atoms with van der Waals surface area (Å²) in [6.45, 7) is 47.2.